The third-order valence-corrected chi connectivity index (χ3v) is 4.98. The van der Waals surface area contributed by atoms with E-state index in [1.54, 1.807) is 24.3 Å². The molecule has 7 heteroatoms. The summed E-state index contributed by atoms with van der Waals surface area (Å²) in [5.41, 5.74) is 4.68. The number of aryl methyl sites for hydroxylation is 1. The second kappa shape index (κ2) is 8.02. The smallest absolute Gasteiger partial charge is 0.256 e. The number of Topliss-reactive ketones (excluding diaryl/α,β-unsaturated/α-hetero) is 1. The fraction of sp³-hybridized carbons (Fsp3) is 0.286. The number of halogens is 1. The highest BCUT2D eigenvalue weighted by atomic mass is 35.5. The molecule has 3 N–H and O–H groups in total. The topological polar surface area (TPSA) is 91.1 Å². The van der Waals surface area contributed by atoms with Crippen molar-refractivity contribution < 1.29 is 14.4 Å². The first-order valence-corrected chi connectivity index (χ1v) is 9.45. The predicted molar refractivity (Wildman–Crippen MR) is 110 cm³/mol. The van der Waals surface area contributed by atoms with E-state index >= 15 is 0 Å². The number of hydrogen-bond acceptors (Lipinski definition) is 3. The summed E-state index contributed by atoms with van der Waals surface area (Å²) in [4.78, 5) is 39.1. The van der Waals surface area contributed by atoms with E-state index in [-0.39, 0.29) is 17.6 Å². The number of carbonyl (C=O) groups is 3. The Morgan fingerprint density at radius 2 is 2.00 bits per heavy atom. The van der Waals surface area contributed by atoms with Crippen LogP contribution in [0.5, 0.6) is 0 Å². The summed E-state index contributed by atoms with van der Waals surface area (Å²) in [5, 5.41) is 6.21. The average Bonchev–Trinajstić information content (AvgIpc) is 3.08. The third kappa shape index (κ3) is 4.02. The number of fused-ring (bicyclic) bond motifs is 1. The molecule has 1 aromatic heterocycles. The van der Waals surface area contributed by atoms with E-state index in [0.29, 0.717) is 46.9 Å². The average molecular weight is 400 g/mol. The van der Waals surface area contributed by atoms with Crippen molar-refractivity contribution in [2.24, 2.45) is 0 Å². The molecule has 0 bridgehead atoms. The van der Waals surface area contributed by atoms with Gasteiger partial charge < -0.3 is 20.4 Å². The molecule has 0 saturated heterocycles. The minimum absolute atomic E-state index is 0.104. The van der Waals surface area contributed by atoms with E-state index in [9.17, 15) is 14.4 Å². The number of aromatic amines is 1. The van der Waals surface area contributed by atoms with Gasteiger partial charge >= 0.3 is 0 Å². The van der Waals surface area contributed by atoms with E-state index in [4.69, 9.17) is 11.6 Å². The van der Waals surface area contributed by atoms with Gasteiger partial charge in [-0.05, 0) is 57.0 Å². The number of ketones is 1. The van der Waals surface area contributed by atoms with Crippen LogP contribution in [0.1, 0.15) is 52.6 Å². The summed E-state index contributed by atoms with van der Waals surface area (Å²) in [5.74, 6) is -0.301. The Hall–Kier alpha value is -2.86. The lowest BCUT2D eigenvalue weighted by Crippen LogP contribution is -2.25. The maximum atomic E-state index is 12.6. The van der Waals surface area contributed by atoms with Crippen molar-refractivity contribution in [1.82, 2.24) is 10.3 Å². The monoisotopic (exact) mass is 399 g/mol. The van der Waals surface area contributed by atoms with Crippen molar-refractivity contribution in [3.63, 3.8) is 0 Å². The number of nitrogens with one attached hydrogen (secondary N) is 3. The van der Waals surface area contributed by atoms with Gasteiger partial charge in [0.25, 0.3) is 11.8 Å². The molecule has 146 valence electrons. The fourth-order valence-electron chi connectivity index (χ4n) is 3.33. The van der Waals surface area contributed by atoms with Crippen LogP contribution < -0.4 is 10.6 Å². The molecule has 2 amide bonds. The van der Waals surface area contributed by atoms with Crippen LogP contribution in [0.4, 0.5) is 5.69 Å². The zero-order valence-corrected chi connectivity index (χ0v) is 16.8. The molecule has 0 atom stereocenters. The summed E-state index contributed by atoms with van der Waals surface area (Å²) in [6.45, 7) is 5.63. The van der Waals surface area contributed by atoms with Gasteiger partial charge in [-0.15, -0.1) is 0 Å². The maximum Gasteiger partial charge on any atom is 0.256 e. The Kier molecular flexibility index (Phi) is 5.70. The number of H-pyrrole nitrogens is 1. The Morgan fingerprint density at radius 1 is 1.25 bits per heavy atom. The minimum atomic E-state index is -0.209. The molecule has 0 saturated carbocycles. The van der Waals surface area contributed by atoms with Gasteiger partial charge in [0.1, 0.15) is 5.78 Å². The van der Waals surface area contributed by atoms with Crippen molar-refractivity contribution in [2.45, 2.75) is 33.6 Å². The lowest BCUT2D eigenvalue weighted by atomic mass is 10.0. The molecule has 6 nitrogen and oxygen atoms in total. The van der Waals surface area contributed by atoms with Gasteiger partial charge in [0.15, 0.2) is 0 Å². The summed E-state index contributed by atoms with van der Waals surface area (Å²) >= 11 is 6.07. The Morgan fingerprint density at radius 3 is 2.71 bits per heavy atom. The molecule has 1 aliphatic rings. The first-order chi connectivity index (χ1) is 13.3. The second-order valence-corrected chi connectivity index (χ2v) is 7.36. The zero-order chi connectivity index (χ0) is 20.4. The second-order valence-electron chi connectivity index (χ2n) is 6.93. The summed E-state index contributed by atoms with van der Waals surface area (Å²) in [6, 6.07) is 5.24. The molecule has 2 aromatic rings. The first-order valence-electron chi connectivity index (χ1n) is 9.07. The number of benzene rings is 1. The van der Waals surface area contributed by atoms with Crippen molar-refractivity contribution in [1.29, 1.82) is 0 Å². The van der Waals surface area contributed by atoms with Gasteiger partial charge in [-0.3, -0.25) is 9.59 Å². The van der Waals surface area contributed by atoms with Crippen LogP contribution in [0.3, 0.4) is 0 Å². The first kappa shape index (κ1) is 19.9. The highest BCUT2D eigenvalue weighted by molar-refractivity contribution is 6.36. The SMILES string of the molecule is CC(=O)CCCNC(=O)c1c(C)[nH]c(/C=C2\C(=O)Nc3ccc(Cl)cc32)c1C. The number of hydrogen-bond donors (Lipinski definition) is 3. The quantitative estimate of drug-likeness (QED) is 0.508. The fourth-order valence-corrected chi connectivity index (χ4v) is 3.51. The van der Waals surface area contributed by atoms with Crippen LogP contribution in [0, 0.1) is 13.8 Å². The largest absolute Gasteiger partial charge is 0.358 e. The summed E-state index contributed by atoms with van der Waals surface area (Å²) in [7, 11) is 0. The molecule has 0 unspecified atom stereocenters. The van der Waals surface area contributed by atoms with Crippen LogP contribution in [-0.4, -0.2) is 29.1 Å². The molecule has 0 aliphatic carbocycles. The van der Waals surface area contributed by atoms with E-state index in [1.165, 1.54) is 6.92 Å². The standard InChI is InChI=1S/C21H22ClN3O3/c1-11(26)5-4-8-23-21(28)19-12(2)18(24-13(19)3)10-16-15-9-14(22)6-7-17(15)25-20(16)27/h6-7,9-10,24H,4-5,8H2,1-3H3,(H,23,28)(H,25,27)/b16-10-. The summed E-state index contributed by atoms with van der Waals surface area (Å²) in [6.07, 6.45) is 2.80. The lowest BCUT2D eigenvalue weighted by Gasteiger charge is -2.05. The van der Waals surface area contributed by atoms with Crippen LogP contribution in [-0.2, 0) is 9.59 Å². The number of amides is 2. The highest BCUT2D eigenvalue weighted by Gasteiger charge is 2.25. The van der Waals surface area contributed by atoms with Gasteiger partial charge in [0.2, 0.25) is 0 Å². The van der Waals surface area contributed by atoms with Crippen LogP contribution in [0.15, 0.2) is 18.2 Å². The van der Waals surface area contributed by atoms with E-state index < -0.39 is 0 Å². The maximum absolute atomic E-state index is 12.6. The normalized spacial score (nSPS) is 14.1. The van der Waals surface area contributed by atoms with Crippen molar-refractivity contribution in [3.8, 4) is 0 Å². The molecular formula is C21H22ClN3O3. The van der Waals surface area contributed by atoms with Crippen LogP contribution in [0.25, 0.3) is 11.6 Å². The number of aromatic nitrogens is 1. The van der Waals surface area contributed by atoms with Crippen molar-refractivity contribution in [2.75, 3.05) is 11.9 Å². The molecule has 1 aromatic carbocycles. The molecule has 1 aliphatic heterocycles. The molecule has 0 radical (unpaired) electrons. The molecule has 0 fully saturated rings. The van der Waals surface area contributed by atoms with Gasteiger partial charge in [0, 0.05) is 40.6 Å². The van der Waals surface area contributed by atoms with E-state index in [0.717, 1.165) is 16.8 Å². The Labute approximate surface area is 168 Å². The van der Waals surface area contributed by atoms with Gasteiger partial charge in [-0.2, -0.15) is 0 Å². The molecule has 28 heavy (non-hydrogen) atoms. The minimum Gasteiger partial charge on any atom is -0.358 e. The predicted octanol–water partition coefficient (Wildman–Crippen LogP) is 3.88. The number of carbonyl (C=O) groups excluding carboxylic acids is 3. The van der Waals surface area contributed by atoms with E-state index in [2.05, 4.69) is 15.6 Å². The van der Waals surface area contributed by atoms with Crippen molar-refractivity contribution in [3.05, 3.63) is 51.3 Å². The third-order valence-electron chi connectivity index (χ3n) is 4.75. The van der Waals surface area contributed by atoms with Gasteiger partial charge in [0.05, 0.1) is 11.1 Å². The molecular weight excluding hydrogens is 378 g/mol. The lowest BCUT2D eigenvalue weighted by molar-refractivity contribution is -0.117. The molecule has 2 heterocycles. The van der Waals surface area contributed by atoms with Crippen LogP contribution in [0.2, 0.25) is 5.02 Å². The number of rotatable bonds is 6. The van der Waals surface area contributed by atoms with Gasteiger partial charge in [-0.25, -0.2) is 0 Å². The molecule has 0 spiro atoms. The van der Waals surface area contributed by atoms with Crippen LogP contribution >= 0.6 is 11.6 Å². The van der Waals surface area contributed by atoms with Crippen molar-refractivity contribution >= 4 is 46.5 Å². The molecule has 3 rings (SSSR count). The highest BCUT2D eigenvalue weighted by Crippen LogP contribution is 2.35. The van der Waals surface area contributed by atoms with Gasteiger partial charge in [-0.1, -0.05) is 11.6 Å². The number of anilines is 1. The summed E-state index contributed by atoms with van der Waals surface area (Å²) < 4.78 is 0. The Bertz CT molecular complexity index is 1000. The zero-order valence-electron chi connectivity index (χ0n) is 16.0. The van der Waals surface area contributed by atoms with E-state index in [1.807, 2.05) is 13.8 Å². The Balaban J connectivity index is 1.86.